The molecule has 74 valence electrons. The highest BCUT2D eigenvalue weighted by atomic mass is 32.1. The minimum absolute atomic E-state index is 0.670. The Morgan fingerprint density at radius 3 is 2.71 bits per heavy atom. The van der Waals surface area contributed by atoms with Crippen LogP contribution in [0.3, 0.4) is 0 Å². The Morgan fingerprint density at radius 1 is 1.36 bits per heavy atom. The van der Waals surface area contributed by atoms with Gasteiger partial charge in [0.05, 0.1) is 18.3 Å². The summed E-state index contributed by atoms with van der Waals surface area (Å²) in [5.74, 6) is 0.905. The second-order valence-electron chi connectivity index (χ2n) is 2.99. The van der Waals surface area contributed by atoms with E-state index in [-0.39, 0.29) is 0 Å². The van der Waals surface area contributed by atoms with Gasteiger partial charge in [0.2, 0.25) is 0 Å². The van der Waals surface area contributed by atoms with Crippen molar-refractivity contribution in [1.82, 2.24) is 0 Å². The van der Waals surface area contributed by atoms with Crippen molar-refractivity contribution in [3.8, 4) is 5.75 Å². The lowest BCUT2D eigenvalue weighted by molar-refractivity contribution is 0.313. The average molecular weight is 207 g/mol. The van der Waals surface area contributed by atoms with Crippen molar-refractivity contribution in [3.63, 3.8) is 0 Å². The number of nitrogens with zero attached hydrogens (tertiary/aromatic N) is 1. The molecule has 3 heteroatoms. The molecule has 1 aromatic carbocycles. The molecule has 0 aliphatic heterocycles. The Hall–Kier alpha value is -1.18. The van der Waals surface area contributed by atoms with E-state index in [1.165, 1.54) is 5.56 Å². The van der Waals surface area contributed by atoms with Crippen LogP contribution in [0, 0.1) is 6.92 Å². The Balaban J connectivity index is 2.24. The maximum absolute atomic E-state index is 5.49. The molecule has 14 heavy (non-hydrogen) atoms. The minimum atomic E-state index is 0.670. The first-order valence-corrected chi connectivity index (χ1v) is 4.97. The molecular formula is C11H13NOS. The van der Waals surface area contributed by atoms with Crippen molar-refractivity contribution < 1.29 is 4.74 Å². The predicted octanol–water partition coefficient (Wildman–Crippen LogP) is 2.87. The normalized spacial score (nSPS) is 9.21. The summed E-state index contributed by atoms with van der Waals surface area (Å²) in [6.07, 6.45) is 0.873. The van der Waals surface area contributed by atoms with Gasteiger partial charge in [0, 0.05) is 6.42 Å². The van der Waals surface area contributed by atoms with E-state index >= 15 is 0 Å². The molecule has 1 aromatic rings. The first kappa shape index (κ1) is 10.9. The highest BCUT2D eigenvalue weighted by Crippen LogP contribution is 2.11. The lowest BCUT2D eigenvalue weighted by atomic mass is 10.2. The van der Waals surface area contributed by atoms with Crippen LogP contribution in [0.1, 0.15) is 12.0 Å². The fraction of sp³-hybridized carbons (Fsp3) is 0.364. The monoisotopic (exact) mass is 207 g/mol. The van der Waals surface area contributed by atoms with Gasteiger partial charge >= 0.3 is 0 Å². The summed E-state index contributed by atoms with van der Waals surface area (Å²) in [6, 6.07) is 8.00. The number of aliphatic imine (C=N–C) groups is 1. The summed E-state index contributed by atoms with van der Waals surface area (Å²) >= 11 is 4.45. The van der Waals surface area contributed by atoms with Crippen LogP contribution in [-0.4, -0.2) is 18.3 Å². The number of hydrogen-bond acceptors (Lipinski definition) is 3. The largest absolute Gasteiger partial charge is 0.494 e. The van der Waals surface area contributed by atoms with Gasteiger partial charge in [-0.1, -0.05) is 17.7 Å². The molecule has 0 N–H and O–H groups in total. The van der Waals surface area contributed by atoms with Gasteiger partial charge in [-0.3, -0.25) is 0 Å². The Morgan fingerprint density at radius 2 is 2.07 bits per heavy atom. The van der Waals surface area contributed by atoms with E-state index in [2.05, 4.69) is 29.3 Å². The van der Waals surface area contributed by atoms with E-state index in [1.807, 2.05) is 24.3 Å². The predicted molar refractivity (Wildman–Crippen MR) is 61.2 cm³/mol. The lowest BCUT2D eigenvalue weighted by Gasteiger charge is -2.04. The maximum atomic E-state index is 5.49. The van der Waals surface area contributed by atoms with Gasteiger partial charge in [-0.15, -0.1) is 0 Å². The van der Waals surface area contributed by atoms with Crippen LogP contribution in [0.25, 0.3) is 0 Å². The molecule has 0 aliphatic rings. The van der Waals surface area contributed by atoms with Crippen molar-refractivity contribution >= 4 is 17.4 Å². The van der Waals surface area contributed by atoms with Gasteiger partial charge in [0.15, 0.2) is 0 Å². The van der Waals surface area contributed by atoms with Gasteiger partial charge in [0.1, 0.15) is 5.75 Å². The third kappa shape index (κ3) is 4.17. The van der Waals surface area contributed by atoms with Crippen molar-refractivity contribution in [2.24, 2.45) is 4.99 Å². The molecule has 0 saturated carbocycles. The fourth-order valence-corrected chi connectivity index (χ4v) is 1.11. The molecule has 0 unspecified atom stereocenters. The molecule has 0 fully saturated rings. The number of aryl methyl sites for hydroxylation is 1. The zero-order valence-electron chi connectivity index (χ0n) is 8.19. The van der Waals surface area contributed by atoms with Crippen LogP contribution in [0.5, 0.6) is 5.75 Å². The zero-order valence-corrected chi connectivity index (χ0v) is 9.01. The van der Waals surface area contributed by atoms with Gasteiger partial charge < -0.3 is 4.74 Å². The van der Waals surface area contributed by atoms with E-state index in [9.17, 15) is 0 Å². The summed E-state index contributed by atoms with van der Waals surface area (Å²) in [4.78, 5) is 3.80. The first-order valence-electron chi connectivity index (χ1n) is 4.56. The van der Waals surface area contributed by atoms with E-state index in [1.54, 1.807) is 0 Å². The number of isothiocyanates is 1. The summed E-state index contributed by atoms with van der Waals surface area (Å²) in [5, 5.41) is 2.33. The van der Waals surface area contributed by atoms with Crippen LogP contribution >= 0.6 is 12.2 Å². The summed E-state index contributed by atoms with van der Waals surface area (Å²) in [7, 11) is 0. The zero-order chi connectivity index (χ0) is 10.2. The van der Waals surface area contributed by atoms with Crippen molar-refractivity contribution in [3.05, 3.63) is 29.8 Å². The summed E-state index contributed by atoms with van der Waals surface area (Å²) in [5.41, 5.74) is 1.24. The molecule has 0 heterocycles. The quantitative estimate of drug-likeness (QED) is 0.420. The smallest absolute Gasteiger partial charge is 0.119 e. The van der Waals surface area contributed by atoms with Crippen LogP contribution in [0.2, 0.25) is 0 Å². The number of thiocarbonyl (C=S) groups is 1. The lowest BCUT2D eigenvalue weighted by Crippen LogP contribution is -1.98. The molecular weight excluding hydrogens is 194 g/mol. The average Bonchev–Trinajstić information content (AvgIpc) is 2.21. The maximum Gasteiger partial charge on any atom is 0.119 e. The van der Waals surface area contributed by atoms with E-state index < -0.39 is 0 Å². The van der Waals surface area contributed by atoms with Gasteiger partial charge in [-0.05, 0) is 31.3 Å². The first-order chi connectivity index (χ1) is 6.83. The molecule has 0 aromatic heterocycles. The fourth-order valence-electron chi connectivity index (χ4n) is 1.01. The molecule has 2 nitrogen and oxygen atoms in total. The summed E-state index contributed by atoms with van der Waals surface area (Å²) < 4.78 is 5.49. The van der Waals surface area contributed by atoms with Gasteiger partial charge in [0.25, 0.3) is 0 Å². The van der Waals surface area contributed by atoms with Gasteiger partial charge in [-0.25, -0.2) is 4.99 Å². The van der Waals surface area contributed by atoms with Crippen LogP contribution in [-0.2, 0) is 0 Å². The SMILES string of the molecule is Cc1ccc(OCCCN=C=S)cc1. The topological polar surface area (TPSA) is 21.6 Å². The molecule has 0 saturated heterocycles. The molecule has 0 bridgehead atoms. The standard InChI is InChI=1S/C11H13NOS/c1-10-3-5-11(6-4-10)13-8-2-7-12-9-14/h3-6H,2,7-8H2,1H3. The molecule has 0 radical (unpaired) electrons. The van der Waals surface area contributed by atoms with Crippen LogP contribution in [0.15, 0.2) is 29.3 Å². The third-order valence-corrected chi connectivity index (χ3v) is 1.90. The Kier molecular flexibility index (Phi) is 4.90. The van der Waals surface area contributed by atoms with E-state index in [0.29, 0.717) is 13.2 Å². The highest BCUT2D eigenvalue weighted by molar-refractivity contribution is 7.78. The second kappa shape index (κ2) is 6.30. The van der Waals surface area contributed by atoms with E-state index in [4.69, 9.17) is 4.74 Å². The van der Waals surface area contributed by atoms with Gasteiger partial charge in [-0.2, -0.15) is 0 Å². The van der Waals surface area contributed by atoms with Crippen molar-refractivity contribution in [2.75, 3.05) is 13.2 Å². The van der Waals surface area contributed by atoms with Crippen LogP contribution in [0.4, 0.5) is 0 Å². The summed E-state index contributed by atoms with van der Waals surface area (Å²) in [6.45, 7) is 3.41. The minimum Gasteiger partial charge on any atom is -0.494 e. The molecule has 1 rings (SSSR count). The number of ether oxygens (including phenoxy) is 1. The second-order valence-corrected chi connectivity index (χ2v) is 3.17. The number of benzene rings is 1. The Bertz CT molecular complexity index is 315. The molecule has 0 atom stereocenters. The third-order valence-electron chi connectivity index (χ3n) is 1.77. The number of hydrogen-bond donors (Lipinski definition) is 0. The van der Waals surface area contributed by atoms with Crippen molar-refractivity contribution in [1.29, 1.82) is 0 Å². The molecule has 0 aliphatic carbocycles. The van der Waals surface area contributed by atoms with Crippen LogP contribution < -0.4 is 4.74 Å². The Labute approximate surface area is 89.6 Å². The molecule has 0 amide bonds. The van der Waals surface area contributed by atoms with E-state index in [0.717, 1.165) is 12.2 Å². The van der Waals surface area contributed by atoms with Crippen molar-refractivity contribution in [2.45, 2.75) is 13.3 Å². The molecule has 0 spiro atoms. The highest BCUT2D eigenvalue weighted by Gasteiger charge is 1.91. The number of rotatable bonds is 5.